The fraction of sp³-hybridized carbons (Fsp3) is 0.182. The van der Waals surface area contributed by atoms with Crippen LogP contribution in [0.3, 0.4) is 0 Å². The third kappa shape index (κ3) is 5.38. The fourth-order valence-electron chi connectivity index (χ4n) is 2.81. The Morgan fingerprint density at radius 2 is 1.69 bits per heavy atom. The summed E-state index contributed by atoms with van der Waals surface area (Å²) in [6.07, 6.45) is 0.263. The van der Waals surface area contributed by atoms with Gasteiger partial charge in [-0.15, -0.1) is 0 Å². The molecule has 0 saturated heterocycles. The molecular formula is C22H20N2O5. The summed E-state index contributed by atoms with van der Waals surface area (Å²) in [6, 6.07) is 19.0. The number of aromatic nitrogens is 1. The van der Waals surface area contributed by atoms with E-state index < -0.39 is 30.5 Å². The molecule has 0 unspecified atom stereocenters. The second kappa shape index (κ2) is 9.45. The molecule has 7 heteroatoms. The molecule has 29 heavy (non-hydrogen) atoms. The number of benzene rings is 2. The topological polar surface area (TPSA) is 94.6 Å². The zero-order valence-electron chi connectivity index (χ0n) is 15.8. The van der Waals surface area contributed by atoms with Gasteiger partial charge in [-0.05, 0) is 17.7 Å². The highest BCUT2D eigenvalue weighted by atomic mass is 16.5. The molecule has 0 aliphatic carbocycles. The monoisotopic (exact) mass is 392 g/mol. The van der Waals surface area contributed by atoms with Gasteiger partial charge in [0.15, 0.2) is 6.61 Å². The Morgan fingerprint density at radius 1 is 0.966 bits per heavy atom. The maximum atomic E-state index is 12.2. The van der Waals surface area contributed by atoms with E-state index in [9.17, 15) is 14.4 Å². The summed E-state index contributed by atoms with van der Waals surface area (Å²) >= 11 is 0. The van der Waals surface area contributed by atoms with Crippen molar-refractivity contribution in [2.24, 2.45) is 0 Å². The van der Waals surface area contributed by atoms with Gasteiger partial charge in [0, 0.05) is 11.8 Å². The maximum absolute atomic E-state index is 12.2. The van der Waals surface area contributed by atoms with Crippen molar-refractivity contribution in [3.8, 4) is 0 Å². The maximum Gasteiger partial charge on any atom is 0.357 e. The largest absolute Gasteiger partial charge is 0.467 e. The molecule has 1 heterocycles. The van der Waals surface area contributed by atoms with E-state index >= 15 is 0 Å². The zero-order valence-corrected chi connectivity index (χ0v) is 15.8. The molecule has 3 aromatic rings. The van der Waals surface area contributed by atoms with E-state index in [1.807, 2.05) is 48.5 Å². The Balaban J connectivity index is 1.59. The quantitative estimate of drug-likeness (QED) is 0.620. The Kier molecular flexibility index (Phi) is 6.52. The highest BCUT2D eigenvalue weighted by molar-refractivity contribution is 5.93. The average molecular weight is 392 g/mol. The molecule has 0 spiro atoms. The number of pyridine rings is 1. The molecular weight excluding hydrogens is 372 g/mol. The summed E-state index contributed by atoms with van der Waals surface area (Å²) in [4.78, 5) is 40.6. The van der Waals surface area contributed by atoms with Gasteiger partial charge in [0.25, 0.3) is 5.91 Å². The summed E-state index contributed by atoms with van der Waals surface area (Å²) < 4.78 is 9.79. The van der Waals surface area contributed by atoms with E-state index in [2.05, 4.69) is 10.3 Å². The van der Waals surface area contributed by atoms with E-state index in [1.54, 1.807) is 12.1 Å². The molecule has 1 atom stereocenters. The van der Waals surface area contributed by atoms with Crippen LogP contribution in [0.4, 0.5) is 0 Å². The lowest BCUT2D eigenvalue weighted by atomic mass is 10.1. The molecule has 1 amide bonds. The third-order valence-corrected chi connectivity index (χ3v) is 4.25. The van der Waals surface area contributed by atoms with Crippen molar-refractivity contribution in [1.82, 2.24) is 10.3 Å². The number of nitrogens with zero attached hydrogens (tertiary/aromatic N) is 1. The van der Waals surface area contributed by atoms with Crippen LogP contribution in [0.15, 0.2) is 66.7 Å². The van der Waals surface area contributed by atoms with Crippen molar-refractivity contribution in [2.45, 2.75) is 12.5 Å². The van der Waals surface area contributed by atoms with Gasteiger partial charge in [-0.1, -0.05) is 54.6 Å². The van der Waals surface area contributed by atoms with E-state index in [1.165, 1.54) is 13.2 Å². The van der Waals surface area contributed by atoms with Crippen LogP contribution in [0.5, 0.6) is 0 Å². The summed E-state index contributed by atoms with van der Waals surface area (Å²) in [7, 11) is 1.25. The number of hydrogen-bond acceptors (Lipinski definition) is 6. The number of ether oxygens (including phenoxy) is 2. The van der Waals surface area contributed by atoms with E-state index in [0.717, 1.165) is 10.9 Å². The standard InChI is InChI=1S/C22H20N2O5/c1-28-21(26)19(13-15-7-3-2-4-8-15)24-20(25)14-29-22(27)18-12-11-16-9-5-6-10-17(16)23-18/h2-12,19H,13-14H2,1H3,(H,24,25)/t19-/m0/s1. The number of para-hydroxylation sites is 1. The van der Waals surface area contributed by atoms with Crippen LogP contribution >= 0.6 is 0 Å². The van der Waals surface area contributed by atoms with Crippen LogP contribution in [-0.4, -0.2) is 42.6 Å². The second-order valence-corrected chi connectivity index (χ2v) is 6.30. The molecule has 148 valence electrons. The number of hydrogen-bond donors (Lipinski definition) is 1. The van der Waals surface area contributed by atoms with E-state index in [-0.39, 0.29) is 12.1 Å². The first-order valence-corrected chi connectivity index (χ1v) is 9.01. The molecule has 0 aliphatic heterocycles. The first-order chi connectivity index (χ1) is 14.1. The van der Waals surface area contributed by atoms with Crippen molar-refractivity contribution in [2.75, 3.05) is 13.7 Å². The smallest absolute Gasteiger partial charge is 0.357 e. The van der Waals surface area contributed by atoms with Gasteiger partial charge in [0.05, 0.1) is 12.6 Å². The normalized spacial score (nSPS) is 11.5. The predicted octanol–water partition coefficient (Wildman–Crippen LogP) is 2.29. The molecule has 2 aromatic carbocycles. The molecule has 1 aromatic heterocycles. The van der Waals surface area contributed by atoms with Crippen LogP contribution in [0.1, 0.15) is 16.1 Å². The molecule has 3 rings (SSSR count). The highest BCUT2D eigenvalue weighted by Gasteiger charge is 2.23. The number of amides is 1. The van der Waals surface area contributed by atoms with Crippen molar-refractivity contribution < 1.29 is 23.9 Å². The number of carbonyl (C=O) groups is 3. The molecule has 0 fully saturated rings. The molecule has 0 bridgehead atoms. The van der Waals surface area contributed by atoms with Crippen LogP contribution < -0.4 is 5.32 Å². The molecule has 1 N–H and O–H groups in total. The number of methoxy groups -OCH3 is 1. The van der Waals surface area contributed by atoms with Crippen LogP contribution in [0, 0.1) is 0 Å². The molecule has 7 nitrogen and oxygen atoms in total. The Bertz CT molecular complexity index is 1020. The summed E-state index contributed by atoms with van der Waals surface area (Å²) in [5, 5.41) is 3.43. The summed E-state index contributed by atoms with van der Waals surface area (Å²) in [6.45, 7) is -0.532. The van der Waals surface area contributed by atoms with Crippen molar-refractivity contribution in [3.63, 3.8) is 0 Å². The fourth-order valence-corrected chi connectivity index (χ4v) is 2.81. The van der Waals surface area contributed by atoms with E-state index in [4.69, 9.17) is 9.47 Å². The van der Waals surface area contributed by atoms with Crippen molar-refractivity contribution in [1.29, 1.82) is 0 Å². The van der Waals surface area contributed by atoms with Crippen LogP contribution in [0.2, 0.25) is 0 Å². The SMILES string of the molecule is COC(=O)[C@H](Cc1ccccc1)NC(=O)COC(=O)c1ccc2ccccc2n1. The van der Waals surface area contributed by atoms with Crippen molar-refractivity contribution in [3.05, 3.63) is 78.0 Å². The highest BCUT2D eigenvalue weighted by Crippen LogP contribution is 2.12. The van der Waals surface area contributed by atoms with Gasteiger partial charge in [-0.2, -0.15) is 0 Å². The van der Waals surface area contributed by atoms with Crippen LogP contribution in [-0.2, 0) is 25.5 Å². The number of carbonyl (C=O) groups excluding carboxylic acids is 3. The second-order valence-electron chi connectivity index (χ2n) is 6.30. The van der Waals surface area contributed by atoms with Gasteiger partial charge >= 0.3 is 11.9 Å². The lowest BCUT2D eigenvalue weighted by molar-refractivity contribution is -0.145. The minimum atomic E-state index is -0.882. The summed E-state index contributed by atoms with van der Waals surface area (Å²) in [5.41, 5.74) is 1.62. The zero-order chi connectivity index (χ0) is 20.6. The van der Waals surface area contributed by atoms with E-state index in [0.29, 0.717) is 5.52 Å². The Labute approximate surface area is 167 Å². The lowest BCUT2D eigenvalue weighted by Crippen LogP contribution is -2.44. The van der Waals surface area contributed by atoms with Gasteiger partial charge in [-0.3, -0.25) is 4.79 Å². The Hall–Kier alpha value is -3.74. The Morgan fingerprint density at radius 3 is 2.45 bits per heavy atom. The summed E-state index contributed by atoms with van der Waals surface area (Å²) in [5.74, 6) is -1.90. The lowest BCUT2D eigenvalue weighted by Gasteiger charge is -2.16. The number of fused-ring (bicyclic) bond motifs is 1. The van der Waals surface area contributed by atoms with Gasteiger partial charge in [0.1, 0.15) is 11.7 Å². The molecule has 0 aliphatic rings. The first-order valence-electron chi connectivity index (χ1n) is 9.01. The van der Waals surface area contributed by atoms with Gasteiger partial charge < -0.3 is 14.8 Å². The minimum Gasteiger partial charge on any atom is -0.467 e. The molecule has 0 saturated carbocycles. The predicted molar refractivity (Wildman–Crippen MR) is 106 cm³/mol. The first kappa shape index (κ1) is 20.0. The average Bonchev–Trinajstić information content (AvgIpc) is 2.76. The number of nitrogens with one attached hydrogen (secondary N) is 1. The number of esters is 2. The third-order valence-electron chi connectivity index (χ3n) is 4.25. The van der Waals surface area contributed by atoms with Crippen molar-refractivity contribution >= 4 is 28.7 Å². The minimum absolute atomic E-state index is 0.102. The van der Waals surface area contributed by atoms with Gasteiger partial charge in [0.2, 0.25) is 0 Å². The molecule has 0 radical (unpaired) electrons. The van der Waals surface area contributed by atoms with Gasteiger partial charge in [-0.25, -0.2) is 14.6 Å². The number of rotatable bonds is 7. The van der Waals surface area contributed by atoms with Crippen LogP contribution in [0.25, 0.3) is 10.9 Å².